The highest BCUT2D eigenvalue weighted by Crippen LogP contribution is 2.60. The Balaban J connectivity index is 1.24. The van der Waals surface area contributed by atoms with Crippen LogP contribution in [0.4, 0.5) is 5.69 Å². The van der Waals surface area contributed by atoms with Crippen LogP contribution in [0.15, 0.2) is 35.4 Å². The van der Waals surface area contributed by atoms with E-state index >= 15 is 0 Å². The van der Waals surface area contributed by atoms with Gasteiger partial charge in [0.1, 0.15) is 0 Å². The van der Waals surface area contributed by atoms with Crippen LogP contribution in [0.2, 0.25) is 0 Å². The summed E-state index contributed by atoms with van der Waals surface area (Å²) in [4.78, 5) is 14.5. The number of carbonyl (C=O) groups is 1. The minimum Gasteiger partial charge on any atom is -0.378 e. The van der Waals surface area contributed by atoms with Gasteiger partial charge in [-0.1, -0.05) is 12.1 Å². The van der Waals surface area contributed by atoms with Gasteiger partial charge in [-0.3, -0.25) is 9.89 Å². The summed E-state index contributed by atoms with van der Waals surface area (Å²) in [6.45, 7) is 0. The van der Waals surface area contributed by atoms with E-state index in [0.29, 0.717) is 5.69 Å². The Morgan fingerprint density at radius 2 is 1.76 bits per heavy atom. The van der Waals surface area contributed by atoms with Crippen LogP contribution in [0.3, 0.4) is 0 Å². The van der Waals surface area contributed by atoms with Gasteiger partial charge >= 0.3 is 0 Å². The lowest BCUT2D eigenvalue weighted by Crippen LogP contribution is -2.48. The second kappa shape index (κ2) is 7.01. The Morgan fingerprint density at radius 1 is 1.14 bits per heavy atom. The van der Waals surface area contributed by atoms with Crippen molar-refractivity contribution in [2.75, 3.05) is 19.0 Å². The number of nitrogens with zero attached hydrogens (tertiary/aromatic N) is 3. The summed E-state index contributed by atoms with van der Waals surface area (Å²) in [5.74, 6) is 2.33. The van der Waals surface area contributed by atoms with Crippen LogP contribution in [0, 0.1) is 17.8 Å². The van der Waals surface area contributed by atoms with Crippen LogP contribution in [-0.4, -0.2) is 36.4 Å². The summed E-state index contributed by atoms with van der Waals surface area (Å²) < 4.78 is 0. The van der Waals surface area contributed by atoms with Gasteiger partial charge in [0.05, 0.1) is 6.21 Å². The second-order valence-corrected chi connectivity index (χ2v) is 9.55. The third-order valence-electron chi connectivity index (χ3n) is 7.21. The molecule has 4 bridgehead atoms. The Hall–Kier alpha value is -2.63. The molecule has 152 valence electrons. The monoisotopic (exact) mass is 391 g/mol. The van der Waals surface area contributed by atoms with Crippen molar-refractivity contribution >= 4 is 17.8 Å². The molecule has 0 unspecified atom stereocenters. The van der Waals surface area contributed by atoms with Crippen molar-refractivity contribution in [3.63, 3.8) is 0 Å². The molecule has 0 atom stereocenters. The molecular formula is C23H29N5O. The molecule has 2 aromatic rings. The largest absolute Gasteiger partial charge is 0.378 e. The number of aromatic amines is 1. The van der Waals surface area contributed by atoms with E-state index in [-0.39, 0.29) is 11.3 Å². The fourth-order valence-electron chi connectivity index (χ4n) is 6.23. The van der Waals surface area contributed by atoms with Gasteiger partial charge in [0.2, 0.25) is 0 Å². The molecular weight excluding hydrogens is 362 g/mol. The van der Waals surface area contributed by atoms with Gasteiger partial charge in [-0.05, 0) is 80.0 Å². The first-order valence-electron chi connectivity index (χ1n) is 10.7. The minimum atomic E-state index is -0.265. The quantitative estimate of drug-likeness (QED) is 0.603. The predicted octanol–water partition coefficient (Wildman–Crippen LogP) is 3.71. The lowest BCUT2D eigenvalue weighted by molar-refractivity contribution is -0.00721. The summed E-state index contributed by atoms with van der Waals surface area (Å²) in [5, 5.41) is 11.6. The maximum absolute atomic E-state index is 12.5. The maximum atomic E-state index is 12.5. The number of amides is 1. The molecule has 6 heteroatoms. The molecule has 4 aliphatic carbocycles. The number of hydrogen-bond acceptors (Lipinski definition) is 4. The molecule has 0 spiro atoms. The lowest BCUT2D eigenvalue weighted by Gasteiger charge is -2.56. The number of carbonyl (C=O) groups excluding carboxylic acids is 1. The minimum absolute atomic E-state index is 0.220. The number of anilines is 1. The third kappa shape index (κ3) is 3.45. The van der Waals surface area contributed by atoms with E-state index in [2.05, 4.69) is 20.7 Å². The standard InChI is InChI=1S/C23H29N5O/c1-28(2)19-5-3-15(4-6-19)14-24-27-22(29)20-10-21(26-25-20)23-11-16-7-17(12-23)9-18(8-16)13-23/h3-6,10,14,16-18H,7-9,11-13H2,1-2H3,(H,25,26)(H,27,29)/b24-14+. The number of benzene rings is 1. The van der Waals surface area contributed by atoms with Crippen molar-refractivity contribution in [3.05, 3.63) is 47.3 Å². The van der Waals surface area contributed by atoms with Crippen molar-refractivity contribution in [1.82, 2.24) is 15.6 Å². The summed E-state index contributed by atoms with van der Waals surface area (Å²) >= 11 is 0. The van der Waals surface area contributed by atoms with Gasteiger partial charge in [0.15, 0.2) is 5.69 Å². The molecule has 0 aliphatic heterocycles. The molecule has 2 N–H and O–H groups in total. The number of hydrazone groups is 1. The zero-order chi connectivity index (χ0) is 20.0. The lowest BCUT2D eigenvalue weighted by atomic mass is 9.49. The fraction of sp³-hybridized carbons (Fsp3) is 0.522. The van der Waals surface area contributed by atoms with Crippen molar-refractivity contribution in [3.8, 4) is 0 Å². The Morgan fingerprint density at radius 3 is 2.34 bits per heavy atom. The fourth-order valence-corrected chi connectivity index (χ4v) is 6.23. The van der Waals surface area contributed by atoms with Crippen molar-refractivity contribution in [2.45, 2.75) is 43.9 Å². The van der Waals surface area contributed by atoms with Gasteiger partial charge in [0, 0.05) is 30.9 Å². The molecule has 0 saturated heterocycles. The summed E-state index contributed by atoms with van der Waals surface area (Å²) in [7, 11) is 4.01. The topological polar surface area (TPSA) is 73.4 Å². The molecule has 1 amide bonds. The van der Waals surface area contributed by atoms with Crippen LogP contribution in [0.5, 0.6) is 0 Å². The molecule has 0 radical (unpaired) electrons. The summed E-state index contributed by atoms with van der Waals surface area (Å²) in [5.41, 5.74) is 6.48. The molecule has 1 heterocycles. The number of nitrogens with one attached hydrogen (secondary N) is 2. The molecule has 4 aliphatic rings. The molecule has 4 fully saturated rings. The number of hydrogen-bond donors (Lipinski definition) is 2. The molecule has 6 nitrogen and oxygen atoms in total. The number of aromatic nitrogens is 2. The molecule has 4 saturated carbocycles. The molecule has 29 heavy (non-hydrogen) atoms. The van der Waals surface area contributed by atoms with Crippen molar-refractivity contribution in [2.24, 2.45) is 22.9 Å². The first-order valence-corrected chi connectivity index (χ1v) is 10.7. The summed E-state index contributed by atoms with van der Waals surface area (Å²) in [6, 6.07) is 9.96. The van der Waals surface area contributed by atoms with Crippen molar-refractivity contribution in [1.29, 1.82) is 0 Å². The van der Waals surface area contributed by atoms with Gasteiger partial charge < -0.3 is 4.90 Å². The van der Waals surface area contributed by atoms with Gasteiger partial charge in [-0.2, -0.15) is 10.2 Å². The smallest absolute Gasteiger partial charge is 0.291 e. The third-order valence-corrected chi connectivity index (χ3v) is 7.21. The highest BCUT2D eigenvalue weighted by atomic mass is 16.2. The van der Waals surface area contributed by atoms with Gasteiger partial charge in [-0.25, -0.2) is 5.43 Å². The summed E-state index contributed by atoms with van der Waals surface area (Å²) in [6.07, 6.45) is 9.64. The first kappa shape index (κ1) is 18.4. The predicted molar refractivity (Wildman–Crippen MR) is 114 cm³/mol. The van der Waals surface area contributed by atoms with Crippen molar-refractivity contribution < 1.29 is 4.79 Å². The van der Waals surface area contributed by atoms with Crippen LogP contribution < -0.4 is 10.3 Å². The Kier molecular flexibility index (Phi) is 4.45. The van der Waals surface area contributed by atoms with E-state index in [1.54, 1.807) is 6.21 Å². The average molecular weight is 392 g/mol. The van der Waals surface area contributed by atoms with Gasteiger partial charge in [-0.15, -0.1) is 0 Å². The van der Waals surface area contributed by atoms with E-state index in [0.717, 1.165) is 34.7 Å². The Labute approximate surface area is 171 Å². The molecule has 1 aromatic heterocycles. The van der Waals surface area contributed by atoms with Gasteiger partial charge in [0.25, 0.3) is 5.91 Å². The van der Waals surface area contributed by atoms with Crippen LogP contribution in [0.1, 0.15) is 60.3 Å². The number of rotatable bonds is 5. The average Bonchev–Trinajstić information content (AvgIpc) is 3.18. The van der Waals surface area contributed by atoms with Crippen LogP contribution in [0.25, 0.3) is 0 Å². The number of H-pyrrole nitrogens is 1. The van der Waals surface area contributed by atoms with E-state index in [9.17, 15) is 4.79 Å². The zero-order valence-corrected chi connectivity index (χ0v) is 17.2. The van der Waals surface area contributed by atoms with E-state index in [4.69, 9.17) is 0 Å². The van der Waals surface area contributed by atoms with E-state index in [1.807, 2.05) is 49.3 Å². The molecule has 6 rings (SSSR count). The van der Waals surface area contributed by atoms with Crippen LogP contribution in [-0.2, 0) is 5.41 Å². The van der Waals surface area contributed by atoms with Crippen LogP contribution >= 0.6 is 0 Å². The SMILES string of the molecule is CN(C)c1ccc(/C=N/NC(=O)c2cc(C34CC5CC(CC(C5)C3)C4)[nH]n2)cc1. The molecule has 1 aromatic carbocycles. The second-order valence-electron chi connectivity index (χ2n) is 9.55. The Bertz CT molecular complexity index is 892. The normalized spacial score (nSPS) is 30.1. The highest BCUT2D eigenvalue weighted by molar-refractivity contribution is 5.93. The van der Waals surface area contributed by atoms with E-state index < -0.39 is 0 Å². The van der Waals surface area contributed by atoms with E-state index in [1.165, 1.54) is 38.5 Å². The first-order chi connectivity index (χ1) is 14.0. The maximum Gasteiger partial charge on any atom is 0.291 e. The zero-order valence-electron chi connectivity index (χ0n) is 17.2. The highest BCUT2D eigenvalue weighted by Gasteiger charge is 2.52.